The maximum Gasteiger partial charge on any atom is 0.0723 e. The van der Waals surface area contributed by atoms with Crippen LogP contribution in [0, 0.1) is 17.2 Å². The van der Waals surface area contributed by atoms with Crippen LogP contribution < -0.4 is 11.1 Å². The predicted octanol–water partition coefficient (Wildman–Crippen LogP) is 1.71. The molecule has 0 radical (unpaired) electrons. The summed E-state index contributed by atoms with van der Waals surface area (Å²) in [6, 6.07) is 0. The molecular weight excluding hydrogens is 162 g/mol. The summed E-state index contributed by atoms with van der Waals surface area (Å²) in [6.07, 6.45) is 0. The van der Waals surface area contributed by atoms with Gasteiger partial charge in [-0.3, -0.25) is 0 Å². The van der Waals surface area contributed by atoms with Gasteiger partial charge in [0.1, 0.15) is 0 Å². The van der Waals surface area contributed by atoms with E-state index in [0.29, 0.717) is 17.3 Å². The van der Waals surface area contributed by atoms with Crippen LogP contribution >= 0.6 is 0 Å². The van der Waals surface area contributed by atoms with Gasteiger partial charge in [0, 0.05) is 12.7 Å². The van der Waals surface area contributed by atoms with Gasteiger partial charge in [-0.1, -0.05) is 27.7 Å². The molecule has 0 aliphatic heterocycles. The molecular formula is C10H21N3. The van der Waals surface area contributed by atoms with Crippen molar-refractivity contribution in [2.24, 2.45) is 17.6 Å². The van der Waals surface area contributed by atoms with Gasteiger partial charge in [-0.05, 0) is 11.8 Å². The number of nitrogens with two attached hydrogens (primary N) is 1. The smallest absolute Gasteiger partial charge is 0.0723 e. The van der Waals surface area contributed by atoms with Crippen molar-refractivity contribution in [3.05, 3.63) is 11.4 Å². The van der Waals surface area contributed by atoms with Crippen LogP contribution in [0.5, 0.6) is 0 Å². The molecule has 3 heteroatoms. The van der Waals surface area contributed by atoms with Crippen LogP contribution in [0.15, 0.2) is 11.4 Å². The van der Waals surface area contributed by atoms with Crippen LogP contribution in [0.25, 0.3) is 0 Å². The average molecular weight is 183 g/mol. The molecule has 0 aromatic heterocycles. The van der Waals surface area contributed by atoms with Gasteiger partial charge >= 0.3 is 0 Å². The topological polar surface area (TPSA) is 61.9 Å². The second-order valence-corrected chi connectivity index (χ2v) is 3.80. The zero-order valence-electron chi connectivity index (χ0n) is 9.23. The molecule has 0 heterocycles. The highest BCUT2D eigenvalue weighted by molar-refractivity contribution is 5.98. The number of hydrogen-bond donors (Lipinski definition) is 3. The number of hydrogen-bond acceptors (Lipinski definition) is 3. The molecule has 0 spiro atoms. The van der Waals surface area contributed by atoms with Crippen molar-refractivity contribution in [1.82, 2.24) is 5.32 Å². The van der Waals surface area contributed by atoms with E-state index in [1.54, 1.807) is 0 Å². The standard InChI is InChI=1S/C10H21N3/c1-6(2)8(11)9(12)10(13-5)7(3)4/h6-7,11,13H,12H2,1-5H3/b10-9+,11-8?. The van der Waals surface area contributed by atoms with Crippen LogP contribution in [0.1, 0.15) is 27.7 Å². The van der Waals surface area contributed by atoms with Gasteiger partial charge in [0.2, 0.25) is 0 Å². The van der Waals surface area contributed by atoms with Crippen LogP contribution in [-0.4, -0.2) is 12.8 Å². The third kappa shape index (κ3) is 3.09. The average Bonchev–Trinajstić information content (AvgIpc) is 2.03. The highest BCUT2D eigenvalue weighted by atomic mass is 14.9. The van der Waals surface area contributed by atoms with E-state index in [4.69, 9.17) is 11.1 Å². The Morgan fingerprint density at radius 2 is 1.62 bits per heavy atom. The molecule has 0 amide bonds. The minimum Gasteiger partial charge on any atom is -0.396 e. The molecule has 0 bridgehead atoms. The van der Waals surface area contributed by atoms with Crippen molar-refractivity contribution in [3.8, 4) is 0 Å². The molecule has 0 aliphatic carbocycles. The van der Waals surface area contributed by atoms with Crippen molar-refractivity contribution in [1.29, 1.82) is 5.41 Å². The quantitative estimate of drug-likeness (QED) is 0.581. The molecule has 0 rings (SSSR count). The van der Waals surface area contributed by atoms with Crippen molar-refractivity contribution >= 4 is 5.71 Å². The van der Waals surface area contributed by atoms with Crippen LogP contribution in [0.2, 0.25) is 0 Å². The Morgan fingerprint density at radius 3 is 1.85 bits per heavy atom. The first kappa shape index (κ1) is 12.0. The zero-order chi connectivity index (χ0) is 10.6. The number of allylic oxidation sites excluding steroid dienone is 2. The van der Waals surface area contributed by atoms with Crippen molar-refractivity contribution in [2.45, 2.75) is 27.7 Å². The Bertz CT molecular complexity index is 214. The van der Waals surface area contributed by atoms with E-state index in [1.807, 2.05) is 20.9 Å². The lowest BCUT2D eigenvalue weighted by Crippen LogP contribution is -2.25. The van der Waals surface area contributed by atoms with E-state index in [0.717, 1.165) is 5.70 Å². The lowest BCUT2D eigenvalue weighted by Gasteiger charge is -2.17. The van der Waals surface area contributed by atoms with Gasteiger partial charge in [-0.25, -0.2) is 0 Å². The van der Waals surface area contributed by atoms with Gasteiger partial charge < -0.3 is 16.5 Å². The lowest BCUT2D eigenvalue weighted by molar-refractivity contribution is 0.687. The molecule has 0 aromatic carbocycles. The van der Waals surface area contributed by atoms with Crippen molar-refractivity contribution in [2.75, 3.05) is 7.05 Å². The summed E-state index contributed by atoms with van der Waals surface area (Å²) in [5.41, 5.74) is 7.93. The third-order valence-electron chi connectivity index (χ3n) is 2.00. The molecule has 0 fully saturated rings. The zero-order valence-corrected chi connectivity index (χ0v) is 9.23. The molecule has 0 saturated heterocycles. The second-order valence-electron chi connectivity index (χ2n) is 3.80. The molecule has 13 heavy (non-hydrogen) atoms. The summed E-state index contributed by atoms with van der Waals surface area (Å²) in [5.74, 6) is 0.520. The maximum atomic E-state index is 7.75. The van der Waals surface area contributed by atoms with E-state index < -0.39 is 0 Å². The van der Waals surface area contributed by atoms with Crippen LogP contribution in [0.3, 0.4) is 0 Å². The first-order chi connectivity index (χ1) is 5.91. The fraction of sp³-hybridized carbons (Fsp3) is 0.700. The second kappa shape index (κ2) is 4.90. The van der Waals surface area contributed by atoms with Crippen LogP contribution in [-0.2, 0) is 0 Å². The molecule has 0 aliphatic rings. The largest absolute Gasteiger partial charge is 0.396 e. The Morgan fingerprint density at radius 1 is 1.15 bits per heavy atom. The molecule has 3 nitrogen and oxygen atoms in total. The highest BCUT2D eigenvalue weighted by Gasteiger charge is 2.12. The fourth-order valence-corrected chi connectivity index (χ4v) is 1.19. The van der Waals surface area contributed by atoms with Crippen molar-refractivity contribution in [3.63, 3.8) is 0 Å². The van der Waals surface area contributed by atoms with Gasteiger partial charge in [-0.15, -0.1) is 0 Å². The molecule has 0 unspecified atom stereocenters. The summed E-state index contributed by atoms with van der Waals surface area (Å²) in [5, 5.41) is 10.8. The van der Waals surface area contributed by atoms with E-state index in [9.17, 15) is 0 Å². The van der Waals surface area contributed by atoms with Gasteiger partial charge in [0.25, 0.3) is 0 Å². The molecule has 0 saturated carbocycles. The fourth-order valence-electron chi connectivity index (χ4n) is 1.19. The van der Waals surface area contributed by atoms with E-state index in [-0.39, 0.29) is 5.92 Å². The molecule has 0 aromatic rings. The van der Waals surface area contributed by atoms with Crippen LogP contribution in [0.4, 0.5) is 0 Å². The summed E-state index contributed by atoms with van der Waals surface area (Å²) >= 11 is 0. The highest BCUT2D eigenvalue weighted by Crippen LogP contribution is 2.11. The molecule has 76 valence electrons. The number of rotatable bonds is 4. The summed E-state index contributed by atoms with van der Waals surface area (Å²) in [4.78, 5) is 0. The first-order valence-corrected chi connectivity index (χ1v) is 4.68. The maximum absolute atomic E-state index is 7.75. The monoisotopic (exact) mass is 183 g/mol. The third-order valence-corrected chi connectivity index (χ3v) is 2.00. The minimum absolute atomic E-state index is 0.182. The van der Waals surface area contributed by atoms with Crippen molar-refractivity contribution < 1.29 is 0 Å². The Kier molecular flexibility index (Phi) is 4.52. The van der Waals surface area contributed by atoms with E-state index >= 15 is 0 Å². The predicted molar refractivity (Wildman–Crippen MR) is 57.7 cm³/mol. The Hall–Kier alpha value is -0.990. The van der Waals surface area contributed by atoms with Gasteiger partial charge in [0.05, 0.1) is 11.4 Å². The first-order valence-electron chi connectivity index (χ1n) is 4.68. The molecule has 4 N–H and O–H groups in total. The summed E-state index contributed by atoms with van der Waals surface area (Å²) in [7, 11) is 1.84. The summed E-state index contributed by atoms with van der Waals surface area (Å²) in [6.45, 7) is 8.07. The van der Waals surface area contributed by atoms with E-state index in [2.05, 4.69) is 19.2 Å². The molecule has 0 atom stereocenters. The normalized spacial score (nSPS) is 13.2. The van der Waals surface area contributed by atoms with E-state index in [1.165, 1.54) is 0 Å². The summed E-state index contributed by atoms with van der Waals surface area (Å²) < 4.78 is 0. The Labute approximate surface area is 80.9 Å². The van der Waals surface area contributed by atoms with Gasteiger partial charge in [-0.2, -0.15) is 0 Å². The SMILES string of the molecule is CN/C(=C(/N)C(=N)C(C)C)C(C)C. The Balaban J connectivity index is 4.85. The minimum atomic E-state index is 0.182. The van der Waals surface area contributed by atoms with Gasteiger partial charge in [0.15, 0.2) is 0 Å². The number of nitrogens with one attached hydrogen (secondary N) is 2. The lowest BCUT2D eigenvalue weighted by atomic mass is 10.00.